The molecule has 0 amide bonds. The van der Waals surface area contributed by atoms with Gasteiger partial charge in [0, 0.05) is 73.1 Å². The highest BCUT2D eigenvalue weighted by molar-refractivity contribution is 6.99. The predicted molar refractivity (Wildman–Crippen MR) is 280 cm³/mol. The average Bonchev–Trinajstić information content (AvgIpc) is 3.89. The van der Waals surface area contributed by atoms with E-state index >= 15 is 0 Å². The standard InChI is InChI=1S/C61H41BN4O/c1-40-28-30-44(31-29-40)63(45-33-35-55-49(36-45)47-22-11-13-24-53(47)64(55)41-16-5-2-6-17-41)46-32-34-51-60(37-46)67-59-27-15-26-56-61(59)62(51)52-38-50-48-23-12-14-25-54(48)65(42-18-7-3-8-19-42)57(50)39-58(52)66(56)43-20-9-4-10-21-43/h2-39H,1H3. The summed E-state index contributed by atoms with van der Waals surface area (Å²) in [5, 5.41) is 4.88. The Morgan fingerprint density at radius 3 is 1.61 bits per heavy atom. The molecule has 10 aromatic carbocycles. The Labute approximate surface area is 388 Å². The number of fused-ring (bicyclic) bond motifs is 10. The molecule has 0 aliphatic carbocycles. The zero-order valence-electron chi connectivity index (χ0n) is 36.7. The van der Waals surface area contributed by atoms with Gasteiger partial charge in [-0.05, 0) is 126 Å². The number of hydrogen-bond acceptors (Lipinski definition) is 3. The first-order valence-electron chi connectivity index (χ1n) is 23.0. The van der Waals surface area contributed by atoms with Gasteiger partial charge in [-0.25, -0.2) is 0 Å². The lowest BCUT2D eigenvalue weighted by Gasteiger charge is -2.40. The lowest BCUT2D eigenvalue weighted by atomic mass is 9.34. The van der Waals surface area contributed by atoms with Gasteiger partial charge in [0.05, 0.1) is 22.1 Å². The highest BCUT2D eigenvalue weighted by Gasteiger charge is 2.42. The van der Waals surface area contributed by atoms with E-state index < -0.39 is 0 Å². The van der Waals surface area contributed by atoms with Crippen molar-refractivity contribution in [2.24, 2.45) is 0 Å². The van der Waals surface area contributed by atoms with Crippen molar-refractivity contribution in [2.75, 3.05) is 9.80 Å². The van der Waals surface area contributed by atoms with Crippen LogP contribution in [0.25, 0.3) is 55.0 Å². The van der Waals surface area contributed by atoms with Crippen LogP contribution in [0.1, 0.15) is 5.56 Å². The van der Waals surface area contributed by atoms with Gasteiger partial charge in [-0.1, -0.05) is 127 Å². The molecule has 5 nitrogen and oxygen atoms in total. The molecule has 14 rings (SSSR count). The molecular formula is C61H41BN4O. The Morgan fingerprint density at radius 2 is 0.925 bits per heavy atom. The molecule has 0 saturated heterocycles. The summed E-state index contributed by atoms with van der Waals surface area (Å²) in [7, 11) is 0. The molecule has 2 aliphatic rings. The third kappa shape index (κ3) is 5.69. The van der Waals surface area contributed by atoms with Crippen molar-refractivity contribution in [3.8, 4) is 22.9 Å². The van der Waals surface area contributed by atoms with E-state index in [2.05, 4.69) is 256 Å². The summed E-state index contributed by atoms with van der Waals surface area (Å²) in [6, 6.07) is 83.7. The smallest absolute Gasteiger partial charge is 0.256 e. The van der Waals surface area contributed by atoms with Crippen molar-refractivity contribution in [3.05, 3.63) is 236 Å². The van der Waals surface area contributed by atoms with E-state index in [-0.39, 0.29) is 6.71 Å². The number of ether oxygens (including phenoxy) is 1. The van der Waals surface area contributed by atoms with E-state index in [1.165, 1.54) is 60.1 Å². The van der Waals surface area contributed by atoms with Crippen LogP contribution < -0.4 is 30.9 Å². The van der Waals surface area contributed by atoms with Crippen LogP contribution in [0.3, 0.4) is 0 Å². The van der Waals surface area contributed by atoms with Gasteiger partial charge >= 0.3 is 0 Å². The molecule has 12 aromatic rings. The van der Waals surface area contributed by atoms with Crippen molar-refractivity contribution in [1.82, 2.24) is 9.13 Å². The molecule has 0 spiro atoms. The summed E-state index contributed by atoms with van der Waals surface area (Å²) in [5.74, 6) is 1.74. The number of aryl methyl sites for hydroxylation is 1. The highest BCUT2D eigenvalue weighted by Crippen LogP contribution is 2.45. The Balaban J connectivity index is 0.981. The first-order chi connectivity index (χ1) is 33.2. The van der Waals surface area contributed by atoms with Gasteiger partial charge in [0.25, 0.3) is 6.71 Å². The molecule has 0 atom stereocenters. The molecule has 0 unspecified atom stereocenters. The maximum Gasteiger partial charge on any atom is 0.256 e. The molecule has 67 heavy (non-hydrogen) atoms. The summed E-state index contributed by atoms with van der Waals surface area (Å²) >= 11 is 0. The van der Waals surface area contributed by atoms with E-state index in [0.717, 1.165) is 62.5 Å². The first-order valence-corrected chi connectivity index (χ1v) is 23.0. The van der Waals surface area contributed by atoms with Crippen LogP contribution in [-0.2, 0) is 0 Å². The van der Waals surface area contributed by atoms with Gasteiger partial charge in [0.1, 0.15) is 11.5 Å². The molecule has 314 valence electrons. The Kier molecular flexibility index (Phi) is 8.22. The molecule has 2 aliphatic heterocycles. The molecule has 4 heterocycles. The fraction of sp³-hybridized carbons (Fsp3) is 0.0164. The van der Waals surface area contributed by atoms with Gasteiger partial charge in [-0.2, -0.15) is 0 Å². The van der Waals surface area contributed by atoms with E-state index in [4.69, 9.17) is 4.74 Å². The molecule has 0 bridgehead atoms. The highest BCUT2D eigenvalue weighted by atomic mass is 16.5. The maximum atomic E-state index is 7.14. The second-order valence-corrected chi connectivity index (χ2v) is 17.8. The number of anilines is 6. The van der Waals surface area contributed by atoms with E-state index in [9.17, 15) is 0 Å². The van der Waals surface area contributed by atoms with Crippen molar-refractivity contribution in [1.29, 1.82) is 0 Å². The zero-order valence-corrected chi connectivity index (χ0v) is 36.7. The van der Waals surface area contributed by atoms with Crippen LogP contribution in [-0.4, -0.2) is 15.8 Å². The lowest BCUT2D eigenvalue weighted by molar-refractivity contribution is 0.487. The van der Waals surface area contributed by atoms with Crippen LogP contribution >= 0.6 is 0 Å². The number of nitrogens with zero attached hydrogens (tertiary/aromatic N) is 4. The molecule has 0 N–H and O–H groups in total. The summed E-state index contributed by atoms with van der Waals surface area (Å²) < 4.78 is 11.9. The number of benzene rings is 10. The van der Waals surface area contributed by atoms with Crippen LogP contribution in [0.4, 0.5) is 34.1 Å². The van der Waals surface area contributed by atoms with Gasteiger partial charge in [0.15, 0.2) is 0 Å². The van der Waals surface area contributed by atoms with Gasteiger partial charge in [-0.3, -0.25) is 0 Å². The molecule has 0 fully saturated rings. The SMILES string of the molecule is Cc1ccc(N(c2ccc3c(c2)Oc2cccc4c2B3c2cc3c5ccccc5n(-c5ccccc5)c3cc2N4c2ccccc2)c2ccc3c(c2)c2ccccc2n3-c2ccccc2)cc1. The average molecular weight is 857 g/mol. The Hall–Kier alpha value is -8.74. The second kappa shape index (κ2) is 14.6. The number of para-hydroxylation sites is 5. The molecular weight excluding hydrogens is 816 g/mol. The third-order valence-corrected chi connectivity index (χ3v) is 14.0. The molecule has 2 aromatic heterocycles. The van der Waals surface area contributed by atoms with Crippen LogP contribution in [0.15, 0.2) is 231 Å². The van der Waals surface area contributed by atoms with Crippen LogP contribution in [0.2, 0.25) is 0 Å². The van der Waals surface area contributed by atoms with Gasteiger partial charge in [0.2, 0.25) is 0 Å². The minimum atomic E-state index is -0.0736. The lowest BCUT2D eigenvalue weighted by Crippen LogP contribution is -2.59. The van der Waals surface area contributed by atoms with Crippen LogP contribution in [0.5, 0.6) is 11.5 Å². The second-order valence-electron chi connectivity index (χ2n) is 17.8. The normalized spacial score (nSPS) is 12.6. The third-order valence-electron chi connectivity index (χ3n) is 14.0. The molecule has 0 radical (unpaired) electrons. The fourth-order valence-corrected chi connectivity index (χ4v) is 11.1. The summed E-state index contributed by atoms with van der Waals surface area (Å²) in [6.07, 6.45) is 0. The minimum absolute atomic E-state index is 0.0736. The maximum absolute atomic E-state index is 7.14. The van der Waals surface area contributed by atoms with Crippen molar-refractivity contribution < 1.29 is 4.74 Å². The fourth-order valence-electron chi connectivity index (χ4n) is 11.1. The number of aromatic nitrogens is 2. The first kappa shape index (κ1) is 37.6. The van der Waals surface area contributed by atoms with Gasteiger partial charge < -0.3 is 23.7 Å². The van der Waals surface area contributed by atoms with E-state index in [0.29, 0.717) is 0 Å². The minimum Gasteiger partial charge on any atom is -0.458 e. The number of hydrogen-bond donors (Lipinski definition) is 0. The monoisotopic (exact) mass is 856 g/mol. The van der Waals surface area contributed by atoms with Crippen molar-refractivity contribution in [2.45, 2.75) is 6.92 Å². The van der Waals surface area contributed by atoms with E-state index in [1.54, 1.807) is 0 Å². The Bertz CT molecular complexity index is 3920. The summed E-state index contributed by atoms with van der Waals surface area (Å²) in [4.78, 5) is 4.81. The topological polar surface area (TPSA) is 25.6 Å². The molecule has 6 heteroatoms. The number of rotatable bonds is 6. The Morgan fingerprint density at radius 1 is 0.373 bits per heavy atom. The largest absolute Gasteiger partial charge is 0.458 e. The van der Waals surface area contributed by atoms with E-state index in [1.807, 2.05) is 0 Å². The summed E-state index contributed by atoms with van der Waals surface area (Å²) in [6.45, 7) is 2.07. The van der Waals surface area contributed by atoms with Crippen molar-refractivity contribution in [3.63, 3.8) is 0 Å². The summed E-state index contributed by atoms with van der Waals surface area (Å²) in [5.41, 5.74) is 18.4. The van der Waals surface area contributed by atoms with Gasteiger partial charge in [-0.15, -0.1) is 0 Å². The van der Waals surface area contributed by atoms with Crippen LogP contribution in [0, 0.1) is 6.92 Å². The molecule has 0 saturated carbocycles. The van der Waals surface area contributed by atoms with Crippen molar-refractivity contribution >= 4 is 101 Å². The zero-order chi connectivity index (χ0) is 44.2. The predicted octanol–water partition coefficient (Wildman–Crippen LogP) is 14.1. The quantitative estimate of drug-likeness (QED) is 0.156.